The van der Waals surface area contributed by atoms with Crippen molar-refractivity contribution < 1.29 is 22.7 Å². The number of likely N-dealkylation sites (tertiary alicyclic amines) is 1. The Hall–Kier alpha value is -3.85. The van der Waals surface area contributed by atoms with Crippen LogP contribution in [0.4, 0.5) is 18.9 Å². The smallest absolute Gasteiger partial charge is 0.435 e. The summed E-state index contributed by atoms with van der Waals surface area (Å²) in [5, 5.41) is 8.28. The molecule has 37 heavy (non-hydrogen) atoms. The van der Waals surface area contributed by atoms with Gasteiger partial charge in [-0.3, -0.25) is 9.69 Å². The number of rotatable bonds is 7. The van der Waals surface area contributed by atoms with E-state index in [1.54, 1.807) is 24.3 Å². The number of alkyl halides is 3. The number of amides is 1. The molecule has 1 amide bonds. The number of carbonyl (C=O) groups is 1. The van der Waals surface area contributed by atoms with Crippen LogP contribution in [0.15, 0.2) is 72.9 Å². The molecule has 192 valence electrons. The highest BCUT2D eigenvalue weighted by Gasteiger charge is 2.33. The first-order valence-electron chi connectivity index (χ1n) is 12.3. The van der Waals surface area contributed by atoms with Gasteiger partial charge in [0.25, 0.3) is 5.91 Å². The fourth-order valence-electron chi connectivity index (χ4n) is 4.55. The number of hydrogen-bond donors (Lipinski definition) is 1. The standard InChI is InChI=1S/C28H27F3N4O2/c29-28(30,31)26-14-17-35(33-26)21-10-8-20(9-11-21)27(36)32-24-12-13-25(23-7-3-2-6-22(23)24)37-19-18-34-15-4-1-5-16-34/h2-3,6-14,17H,1,4-5,15-16,18-19H2,(H,32,36). The van der Waals surface area contributed by atoms with Crippen LogP contribution < -0.4 is 10.1 Å². The predicted molar refractivity (Wildman–Crippen MR) is 136 cm³/mol. The molecule has 2 heterocycles. The molecule has 0 aliphatic carbocycles. The van der Waals surface area contributed by atoms with Crippen molar-refractivity contribution in [3.05, 3.63) is 84.2 Å². The van der Waals surface area contributed by atoms with Crippen molar-refractivity contribution >= 4 is 22.4 Å². The molecule has 1 fully saturated rings. The molecule has 1 aliphatic rings. The van der Waals surface area contributed by atoms with E-state index in [0.29, 0.717) is 23.5 Å². The molecule has 0 saturated carbocycles. The lowest BCUT2D eigenvalue weighted by molar-refractivity contribution is -0.141. The first-order valence-corrected chi connectivity index (χ1v) is 12.3. The van der Waals surface area contributed by atoms with Gasteiger partial charge in [0.15, 0.2) is 5.69 Å². The third-order valence-corrected chi connectivity index (χ3v) is 6.52. The first-order chi connectivity index (χ1) is 17.9. The van der Waals surface area contributed by atoms with E-state index in [2.05, 4.69) is 15.3 Å². The minimum atomic E-state index is -4.51. The highest BCUT2D eigenvalue weighted by molar-refractivity contribution is 6.10. The monoisotopic (exact) mass is 508 g/mol. The number of nitrogens with zero attached hydrogens (tertiary/aromatic N) is 3. The zero-order valence-corrected chi connectivity index (χ0v) is 20.2. The van der Waals surface area contributed by atoms with Gasteiger partial charge in [-0.25, -0.2) is 4.68 Å². The summed E-state index contributed by atoms with van der Waals surface area (Å²) in [6.45, 7) is 3.72. The van der Waals surface area contributed by atoms with Crippen LogP contribution in [0.25, 0.3) is 16.5 Å². The molecule has 1 aromatic heterocycles. The number of hydrogen-bond acceptors (Lipinski definition) is 4. The van der Waals surface area contributed by atoms with Crippen LogP contribution in [0.3, 0.4) is 0 Å². The van der Waals surface area contributed by atoms with Crippen LogP contribution in [0.2, 0.25) is 0 Å². The third-order valence-electron chi connectivity index (χ3n) is 6.52. The number of halogens is 3. The van der Waals surface area contributed by atoms with Crippen molar-refractivity contribution in [3.63, 3.8) is 0 Å². The van der Waals surface area contributed by atoms with Crippen LogP contribution in [-0.2, 0) is 6.18 Å². The maximum absolute atomic E-state index is 13.0. The Balaban J connectivity index is 1.27. The summed E-state index contributed by atoms with van der Waals surface area (Å²) in [6, 6.07) is 18.6. The second-order valence-electron chi connectivity index (χ2n) is 9.05. The number of aromatic nitrogens is 2. The van der Waals surface area contributed by atoms with Crippen molar-refractivity contribution in [2.75, 3.05) is 31.6 Å². The molecule has 0 bridgehead atoms. The average Bonchev–Trinajstić information content (AvgIpc) is 3.42. The molecule has 3 aromatic carbocycles. The first kappa shape index (κ1) is 24.8. The molecular weight excluding hydrogens is 481 g/mol. The molecule has 9 heteroatoms. The lowest BCUT2D eigenvalue weighted by Crippen LogP contribution is -2.33. The molecule has 0 radical (unpaired) electrons. The van der Waals surface area contributed by atoms with Gasteiger partial charge in [0.1, 0.15) is 12.4 Å². The van der Waals surface area contributed by atoms with E-state index in [4.69, 9.17) is 4.74 Å². The molecule has 1 N–H and O–H groups in total. The molecule has 6 nitrogen and oxygen atoms in total. The summed E-state index contributed by atoms with van der Waals surface area (Å²) in [7, 11) is 0. The van der Waals surface area contributed by atoms with Crippen molar-refractivity contribution in [2.45, 2.75) is 25.4 Å². The van der Waals surface area contributed by atoms with Crippen molar-refractivity contribution in [1.82, 2.24) is 14.7 Å². The summed E-state index contributed by atoms with van der Waals surface area (Å²) in [6.07, 6.45) is 0.499. The maximum atomic E-state index is 13.0. The molecule has 1 saturated heterocycles. The summed E-state index contributed by atoms with van der Waals surface area (Å²) in [5.74, 6) is 0.444. The van der Waals surface area contributed by atoms with Crippen LogP contribution in [-0.4, -0.2) is 46.8 Å². The summed E-state index contributed by atoms with van der Waals surface area (Å²) in [4.78, 5) is 15.4. The molecule has 0 atom stereocenters. The van der Waals surface area contributed by atoms with Crippen LogP contribution in [0, 0.1) is 0 Å². The van der Waals surface area contributed by atoms with E-state index < -0.39 is 11.9 Å². The van der Waals surface area contributed by atoms with Crippen LogP contribution in [0.5, 0.6) is 5.75 Å². The maximum Gasteiger partial charge on any atom is 0.435 e. The summed E-state index contributed by atoms with van der Waals surface area (Å²) < 4.78 is 45.7. The Morgan fingerprint density at radius 3 is 2.35 bits per heavy atom. The lowest BCUT2D eigenvalue weighted by atomic mass is 10.1. The van der Waals surface area contributed by atoms with Crippen LogP contribution >= 0.6 is 0 Å². The highest BCUT2D eigenvalue weighted by Crippen LogP contribution is 2.32. The van der Waals surface area contributed by atoms with Gasteiger partial charge in [-0.15, -0.1) is 0 Å². The van der Waals surface area contributed by atoms with Gasteiger partial charge in [-0.05, 0) is 68.4 Å². The quantitative estimate of drug-likeness (QED) is 0.325. The van der Waals surface area contributed by atoms with Gasteiger partial charge < -0.3 is 10.1 Å². The summed E-state index contributed by atoms with van der Waals surface area (Å²) in [5.41, 5.74) is 0.469. The molecule has 4 aromatic rings. The minimum absolute atomic E-state index is 0.327. The molecule has 0 unspecified atom stereocenters. The second kappa shape index (κ2) is 10.6. The number of carbonyl (C=O) groups excluding carboxylic acids is 1. The Morgan fingerprint density at radius 1 is 0.919 bits per heavy atom. The molecule has 5 rings (SSSR count). The zero-order chi connectivity index (χ0) is 25.8. The Bertz CT molecular complexity index is 1380. The second-order valence-corrected chi connectivity index (χ2v) is 9.05. The third kappa shape index (κ3) is 5.77. The number of piperidine rings is 1. The molecular formula is C28H27F3N4O2. The molecule has 0 spiro atoms. The topological polar surface area (TPSA) is 59.4 Å². The highest BCUT2D eigenvalue weighted by atomic mass is 19.4. The Morgan fingerprint density at radius 2 is 1.65 bits per heavy atom. The van der Waals surface area contributed by atoms with E-state index in [1.807, 2.05) is 36.4 Å². The minimum Gasteiger partial charge on any atom is -0.492 e. The average molecular weight is 509 g/mol. The van der Waals surface area contributed by atoms with Crippen molar-refractivity contribution in [1.29, 1.82) is 0 Å². The largest absolute Gasteiger partial charge is 0.492 e. The van der Waals surface area contributed by atoms with E-state index in [1.165, 1.54) is 25.5 Å². The van der Waals surface area contributed by atoms with E-state index in [0.717, 1.165) is 46.9 Å². The Kier molecular flexibility index (Phi) is 7.14. The fourth-order valence-corrected chi connectivity index (χ4v) is 4.55. The van der Waals surface area contributed by atoms with Crippen molar-refractivity contribution in [2.24, 2.45) is 0 Å². The van der Waals surface area contributed by atoms with E-state index in [9.17, 15) is 18.0 Å². The zero-order valence-electron chi connectivity index (χ0n) is 20.2. The van der Waals surface area contributed by atoms with Crippen LogP contribution in [0.1, 0.15) is 35.3 Å². The van der Waals surface area contributed by atoms with Crippen molar-refractivity contribution in [3.8, 4) is 11.4 Å². The van der Waals surface area contributed by atoms with Gasteiger partial charge in [-0.1, -0.05) is 30.7 Å². The lowest BCUT2D eigenvalue weighted by Gasteiger charge is -2.26. The molecule has 1 aliphatic heterocycles. The van der Waals surface area contributed by atoms with E-state index >= 15 is 0 Å². The SMILES string of the molecule is O=C(Nc1ccc(OCCN2CCCCC2)c2ccccc12)c1ccc(-n2ccc(C(F)(F)F)n2)cc1. The number of ether oxygens (including phenoxy) is 1. The van der Waals surface area contributed by atoms with Gasteiger partial charge in [0.05, 0.1) is 5.69 Å². The van der Waals surface area contributed by atoms with E-state index in [-0.39, 0.29) is 5.91 Å². The van der Waals surface area contributed by atoms with Gasteiger partial charge in [0.2, 0.25) is 0 Å². The van der Waals surface area contributed by atoms with Gasteiger partial charge in [0, 0.05) is 34.8 Å². The van der Waals surface area contributed by atoms with Gasteiger partial charge in [-0.2, -0.15) is 18.3 Å². The number of anilines is 1. The normalized spacial score (nSPS) is 14.6. The fraction of sp³-hybridized carbons (Fsp3) is 0.286. The number of nitrogens with one attached hydrogen (secondary N) is 1. The number of benzene rings is 3. The van der Waals surface area contributed by atoms with Gasteiger partial charge >= 0.3 is 6.18 Å². The Labute approximate surface area is 212 Å². The number of fused-ring (bicyclic) bond motifs is 1. The predicted octanol–water partition coefficient (Wildman–Crippen LogP) is 6.16. The summed E-state index contributed by atoms with van der Waals surface area (Å²) >= 11 is 0.